The molecule has 0 aliphatic heterocycles. The van der Waals surface area contributed by atoms with Crippen LogP contribution in [-0.2, 0) is 4.79 Å². The SMILES string of the molecule is CCC(C)(C)C1CCC(NCCCCC(N)=O)CC1. The fourth-order valence-electron chi connectivity index (χ4n) is 3.10. The van der Waals surface area contributed by atoms with Gasteiger partial charge in [-0.1, -0.05) is 27.2 Å². The molecule has 112 valence electrons. The topological polar surface area (TPSA) is 55.1 Å². The van der Waals surface area contributed by atoms with Crippen molar-refractivity contribution in [3.63, 3.8) is 0 Å². The Hall–Kier alpha value is -0.570. The second kappa shape index (κ2) is 7.88. The predicted molar refractivity (Wildman–Crippen MR) is 80.9 cm³/mol. The van der Waals surface area contributed by atoms with Crippen molar-refractivity contribution in [2.24, 2.45) is 17.1 Å². The molecule has 0 unspecified atom stereocenters. The van der Waals surface area contributed by atoms with Crippen molar-refractivity contribution in [2.45, 2.75) is 78.2 Å². The van der Waals surface area contributed by atoms with Crippen LogP contribution in [0.15, 0.2) is 0 Å². The van der Waals surface area contributed by atoms with Crippen molar-refractivity contribution in [1.82, 2.24) is 5.32 Å². The Kier molecular flexibility index (Phi) is 6.84. The summed E-state index contributed by atoms with van der Waals surface area (Å²) in [6, 6.07) is 0.692. The first-order valence-corrected chi connectivity index (χ1v) is 7.97. The molecule has 1 aliphatic rings. The number of carbonyl (C=O) groups is 1. The first-order chi connectivity index (χ1) is 8.95. The molecule has 0 spiro atoms. The molecule has 0 bridgehead atoms. The Bertz CT molecular complexity index is 268. The van der Waals surface area contributed by atoms with Crippen molar-refractivity contribution in [1.29, 1.82) is 0 Å². The molecule has 0 saturated heterocycles. The van der Waals surface area contributed by atoms with E-state index in [1.165, 1.54) is 32.1 Å². The quantitative estimate of drug-likeness (QED) is 0.664. The fraction of sp³-hybridized carbons (Fsp3) is 0.938. The van der Waals surface area contributed by atoms with E-state index in [0.717, 1.165) is 25.3 Å². The van der Waals surface area contributed by atoms with Gasteiger partial charge in [0.1, 0.15) is 0 Å². The number of hydrogen-bond acceptors (Lipinski definition) is 2. The Balaban J connectivity index is 2.12. The molecular weight excluding hydrogens is 236 g/mol. The van der Waals surface area contributed by atoms with E-state index in [1.807, 2.05) is 0 Å². The van der Waals surface area contributed by atoms with Gasteiger partial charge < -0.3 is 11.1 Å². The summed E-state index contributed by atoms with van der Waals surface area (Å²) in [5, 5.41) is 3.63. The van der Waals surface area contributed by atoms with Gasteiger partial charge in [-0.3, -0.25) is 4.79 Å². The van der Waals surface area contributed by atoms with Gasteiger partial charge in [0.05, 0.1) is 0 Å². The van der Waals surface area contributed by atoms with Crippen LogP contribution in [-0.4, -0.2) is 18.5 Å². The minimum atomic E-state index is -0.178. The van der Waals surface area contributed by atoms with Gasteiger partial charge in [-0.15, -0.1) is 0 Å². The molecule has 1 saturated carbocycles. The van der Waals surface area contributed by atoms with Gasteiger partial charge in [0.15, 0.2) is 0 Å². The molecule has 3 N–H and O–H groups in total. The van der Waals surface area contributed by atoms with Gasteiger partial charge in [-0.05, 0) is 56.4 Å². The van der Waals surface area contributed by atoms with Gasteiger partial charge >= 0.3 is 0 Å². The minimum Gasteiger partial charge on any atom is -0.370 e. The number of rotatable bonds is 8. The molecule has 1 aliphatic carbocycles. The van der Waals surface area contributed by atoms with Gasteiger partial charge in [-0.2, -0.15) is 0 Å². The molecule has 0 aromatic carbocycles. The van der Waals surface area contributed by atoms with Gasteiger partial charge in [-0.25, -0.2) is 0 Å². The molecule has 19 heavy (non-hydrogen) atoms. The van der Waals surface area contributed by atoms with Crippen molar-refractivity contribution in [3.05, 3.63) is 0 Å². The second-order valence-electron chi connectivity index (χ2n) is 6.77. The largest absolute Gasteiger partial charge is 0.370 e. The van der Waals surface area contributed by atoms with Crippen LogP contribution in [0, 0.1) is 11.3 Å². The van der Waals surface area contributed by atoms with Gasteiger partial charge in [0, 0.05) is 12.5 Å². The molecule has 0 radical (unpaired) electrons. The molecule has 0 aromatic heterocycles. The summed E-state index contributed by atoms with van der Waals surface area (Å²) < 4.78 is 0. The average molecular weight is 268 g/mol. The number of unbranched alkanes of at least 4 members (excludes halogenated alkanes) is 1. The van der Waals surface area contributed by atoms with E-state index in [-0.39, 0.29) is 5.91 Å². The molecule has 1 fully saturated rings. The van der Waals surface area contributed by atoms with E-state index < -0.39 is 0 Å². The molecule has 0 aromatic rings. The number of hydrogen-bond donors (Lipinski definition) is 2. The lowest BCUT2D eigenvalue weighted by atomic mass is 9.69. The number of nitrogens with one attached hydrogen (secondary N) is 1. The van der Waals surface area contributed by atoms with E-state index in [0.29, 0.717) is 17.9 Å². The van der Waals surface area contributed by atoms with Crippen LogP contribution >= 0.6 is 0 Å². The highest BCUT2D eigenvalue weighted by Crippen LogP contribution is 2.40. The van der Waals surface area contributed by atoms with E-state index in [2.05, 4.69) is 26.1 Å². The zero-order chi connectivity index (χ0) is 14.3. The monoisotopic (exact) mass is 268 g/mol. The maximum absolute atomic E-state index is 10.6. The molecule has 1 rings (SSSR count). The maximum Gasteiger partial charge on any atom is 0.217 e. The third-order valence-corrected chi connectivity index (χ3v) is 5.03. The van der Waals surface area contributed by atoms with Crippen LogP contribution in [0.2, 0.25) is 0 Å². The summed E-state index contributed by atoms with van der Waals surface area (Å²) in [7, 11) is 0. The molecule has 0 atom stereocenters. The van der Waals surface area contributed by atoms with Crippen LogP contribution in [0.3, 0.4) is 0 Å². The van der Waals surface area contributed by atoms with E-state index in [4.69, 9.17) is 5.73 Å². The first-order valence-electron chi connectivity index (χ1n) is 7.97. The number of carbonyl (C=O) groups excluding carboxylic acids is 1. The average Bonchev–Trinajstić information content (AvgIpc) is 2.38. The molecule has 3 nitrogen and oxygen atoms in total. The van der Waals surface area contributed by atoms with Crippen molar-refractivity contribution < 1.29 is 4.79 Å². The highest BCUT2D eigenvalue weighted by atomic mass is 16.1. The molecule has 1 amide bonds. The van der Waals surface area contributed by atoms with E-state index in [9.17, 15) is 4.79 Å². The van der Waals surface area contributed by atoms with Crippen LogP contribution in [0.4, 0.5) is 0 Å². The Morgan fingerprint density at radius 1 is 1.21 bits per heavy atom. The normalized spacial score (nSPS) is 24.4. The van der Waals surface area contributed by atoms with Crippen molar-refractivity contribution in [2.75, 3.05) is 6.54 Å². The zero-order valence-corrected chi connectivity index (χ0v) is 13.0. The lowest BCUT2D eigenvalue weighted by molar-refractivity contribution is -0.118. The maximum atomic E-state index is 10.6. The fourth-order valence-corrected chi connectivity index (χ4v) is 3.10. The second-order valence-corrected chi connectivity index (χ2v) is 6.77. The van der Waals surface area contributed by atoms with Crippen LogP contribution in [0.5, 0.6) is 0 Å². The summed E-state index contributed by atoms with van der Waals surface area (Å²) in [6.45, 7) is 8.16. The summed E-state index contributed by atoms with van der Waals surface area (Å²) in [5.74, 6) is 0.715. The molecule has 3 heteroatoms. The van der Waals surface area contributed by atoms with Gasteiger partial charge in [0.25, 0.3) is 0 Å². The third kappa shape index (κ3) is 5.94. The van der Waals surface area contributed by atoms with Crippen LogP contribution in [0.1, 0.15) is 72.1 Å². The molecule has 0 heterocycles. The van der Waals surface area contributed by atoms with Crippen LogP contribution in [0.25, 0.3) is 0 Å². The highest BCUT2D eigenvalue weighted by Gasteiger charge is 2.31. The third-order valence-electron chi connectivity index (χ3n) is 5.03. The Morgan fingerprint density at radius 3 is 2.37 bits per heavy atom. The minimum absolute atomic E-state index is 0.178. The Morgan fingerprint density at radius 2 is 1.84 bits per heavy atom. The van der Waals surface area contributed by atoms with Crippen LogP contribution < -0.4 is 11.1 Å². The summed E-state index contributed by atoms with van der Waals surface area (Å²) in [4.78, 5) is 10.6. The van der Waals surface area contributed by atoms with E-state index in [1.54, 1.807) is 0 Å². The standard InChI is InChI=1S/C16H32N2O/c1-4-16(2,3)13-8-10-14(11-9-13)18-12-6-5-7-15(17)19/h13-14,18H,4-12H2,1-3H3,(H2,17,19). The Labute approximate surface area is 118 Å². The summed E-state index contributed by atoms with van der Waals surface area (Å²) >= 11 is 0. The first kappa shape index (κ1) is 16.5. The number of nitrogens with two attached hydrogens (primary N) is 1. The van der Waals surface area contributed by atoms with E-state index >= 15 is 0 Å². The lowest BCUT2D eigenvalue weighted by Crippen LogP contribution is -2.37. The van der Waals surface area contributed by atoms with Gasteiger partial charge in [0.2, 0.25) is 5.91 Å². The summed E-state index contributed by atoms with van der Waals surface area (Å²) in [6.07, 6.45) is 9.12. The molecular formula is C16H32N2O. The lowest BCUT2D eigenvalue weighted by Gasteiger charge is -2.39. The predicted octanol–water partition coefficient (Wildman–Crippen LogP) is 3.23. The highest BCUT2D eigenvalue weighted by molar-refractivity contribution is 5.73. The van der Waals surface area contributed by atoms with Crippen molar-refractivity contribution in [3.8, 4) is 0 Å². The number of primary amides is 1. The zero-order valence-electron chi connectivity index (χ0n) is 13.0. The number of amides is 1. The smallest absolute Gasteiger partial charge is 0.217 e. The van der Waals surface area contributed by atoms with Crippen molar-refractivity contribution >= 4 is 5.91 Å². The summed E-state index contributed by atoms with van der Waals surface area (Å²) in [5.41, 5.74) is 5.63.